The smallest absolute Gasteiger partial charge is 0.246 e. The normalized spacial score (nSPS) is 16.5. The van der Waals surface area contributed by atoms with Crippen molar-refractivity contribution >= 4 is 10.0 Å². The number of rotatable bonds is 4. The fourth-order valence-electron chi connectivity index (χ4n) is 3.25. The van der Waals surface area contributed by atoms with Crippen LogP contribution < -0.4 is 0 Å². The van der Waals surface area contributed by atoms with Crippen molar-refractivity contribution in [2.24, 2.45) is 0 Å². The SMILES string of the molecule is Cc1nn(Cc2cccc(F)c2)c(C)c1S(=O)(=O)N1CCCCC1. The average Bonchev–Trinajstić information content (AvgIpc) is 2.82. The topological polar surface area (TPSA) is 55.2 Å². The molecule has 1 aliphatic heterocycles. The summed E-state index contributed by atoms with van der Waals surface area (Å²) < 4.78 is 42.5. The predicted molar refractivity (Wildman–Crippen MR) is 89.8 cm³/mol. The van der Waals surface area contributed by atoms with Gasteiger partial charge in [-0.05, 0) is 44.4 Å². The van der Waals surface area contributed by atoms with Crippen LogP contribution in [-0.4, -0.2) is 35.6 Å². The first-order chi connectivity index (χ1) is 11.4. The molecule has 1 fully saturated rings. The molecular weight excluding hydrogens is 329 g/mol. The molecule has 1 saturated heterocycles. The first-order valence-corrected chi connectivity index (χ1v) is 9.62. The van der Waals surface area contributed by atoms with Crippen molar-refractivity contribution in [3.8, 4) is 0 Å². The average molecular weight is 351 g/mol. The van der Waals surface area contributed by atoms with Gasteiger partial charge >= 0.3 is 0 Å². The maximum atomic E-state index is 13.4. The first-order valence-electron chi connectivity index (χ1n) is 8.18. The van der Waals surface area contributed by atoms with E-state index in [4.69, 9.17) is 0 Å². The van der Waals surface area contributed by atoms with Gasteiger partial charge in [-0.25, -0.2) is 12.8 Å². The van der Waals surface area contributed by atoms with E-state index in [9.17, 15) is 12.8 Å². The van der Waals surface area contributed by atoms with Gasteiger partial charge in [0.1, 0.15) is 10.7 Å². The molecule has 24 heavy (non-hydrogen) atoms. The Kier molecular flexibility index (Phi) is 4.73. The Morgan fingerprint density at radius 2 is 1.88 bits per heavy atom. The zero-order valence-electron chi connectivity index (χ0n) is 14.0. The summed E-state index contributed by atoms with van der Waals surface area (Å²) in [6.45, 7) is 4.95. The lowest BCUT2D eigenvalue weighted by Gasteiger charge is -2.26. The summed E-state index contributed by atoms with van der Waals surface area (Å²) >= 11 is 0. The Balaban J connectivity index is 1.94. The van der Waals surface area contributed by atoms with E-state index in [1.165, 1.54) is 12.1 Å². The fourth-order valence-corrected chi connectivity index (χ4v) is 5.14. The summed E-state index contributed by atoms with van der Waals surface area (Å²) in [6.07, 6.45) is 2.87. The number of hydrogen-bond donors (Lipinski definition) is 0. The molecule has 0 unspecified atom stereocenters. The largest absolute Gasteiger partial charge is 0.264 e. The molecule has 0 N–H and O–H groups in total. The van der Waals surface area contributed by atoms with Crippen LogP contribution in [0.3, 0.4) is 0 Å². The molecule has 0 saturated carbocycles. The lowest BCUT2D eigenvalue weighted by atomic mass is 10.2. The third-order valence-electron chi connectivity index (χ3n) is 4.45. The summed E-state index contributed by atoms with van der Waals surface area (Å²) in [4.78, 5) is 0.292. The molecule has 0 amide bonds. The van der Waals surface area contributed by atoms with Gasteiger partial charge in [-0.15, -0.1) is 0 Å². The van der Waals surface area contributed by atoms with Gasteiger partial charge in [0.2, 0.25) is 10.0 Å². The number of nitrogens with zero attached hydrogens (tertiary/aromatic N) is 3. The van der Waals surface area contributed by atoms with Crippen molar-refractivity contribution < 1.29 is 12.8 Å². The third-order valence-corrected chi connectivity index (χ3v) is 6.60. The van der Waals surface area contributed by atoms with E-state index in [0.717, 1.165) is 24.8 Å². The van der Waals surface area contributed by atoms with Gasteiger partial charge in [0.15, 0.2) is 0 Å². The Bertz CT molecular complexity index is 840. The maximum Gasteiger partial charge on any atom is 0.246 e. The lowest BCUT2D eigenvalue weighted by Crippen LogP contribution is -2.36. The van der Waals surface area contributed by atoms with Crippen LogP contribution in [0.4, 0.5) is 4.39 Å². The zero-order valence-corrected chi connectivity index (χ0v) is 14.8. The fraction of sp³-hybridized carbons (Fsp3) is 0.471. The quantitative estimate of drug-likeness (QED) is 0.851. The van der Waals surface area contributed by atoms with Gasteiger partial charge in [-0.1, -0.05) is 18.6 Å². The van der Waals surface area contributed by atoms with E-state index in [1.54, 1.807) is 35.0 Å². The summed E-state index contributed by atoms with van der Waals surface area (Å²) in [7, 11) is -3.53. The number of aromatic nitrogens is 2. The summed E-state index contributed by atoms with van der Waals surface area (Å²) in [5.41, 5.74) is 1.85. The van der Waals surface area contributed by atoms with Crippen LogP contribution >= 0.6 is 0 Å². The van der Waals surface area contributed by atoms with E-state index in [2.05, 4.69) is 5.10 Å². The Labute approximate surface area is 142 Å². The summed E-state index contributed by atoms with van der Waals surface area (Å²) in [5, 5.41) is 4.38. The Morgan fingerprint density at radius 1 is 1.17 bits per heavy atom. The van der Waals surface area contributed by atoms with Crippen molar-refractivity contribution in [2.75, 3.05) is 13.1 Å². The van der Waals surface area contributed by atoms with Crippen LogP contribution in [0.5, 0.6) is 0 Å². The van der Waals surface area contributed by atoms with Crippen LogP contribution in [0.1, 0.15) is 36.2 Å². The van der Waals surface area contributed by atoms with E-state index >= 15 is 0 Å². The van der Waals surface area contributed by atoms with Crippen LogP contribution in [0.2, 0.25) is 0 Å². The molecule has 0 radical (unpaired) electrons. The lowest BCUT2D eigenvalue weighted by molar-refractivity contribution is 0.346. The summed E-state index contributed by atoms with van der Waals surface area (Å²) in [5.74, 6) is -0.310. The highest BCUT2D eigenvalue weighted by molar-refractivity contribution is 7.89. The first kappa shape index (κ1) is 17.1. The predicted octanol–water partition coefficient (Wildman–Crippen LogP) is 2.86. The highest BCUT2D eigenvalue weighted by Gasteiger charge is 2.31. The van der Waals surface area contributed by atoms with E-state index in [0.29, 0.717) is 35.9 Å². The Morgan fingerprint density at radius 3 is 2.54 bits per heavy atom. The minimum atomic E-state index is -3.53. The second kappa shape index (κ2) is 6.64. The van der Waals surface area contributed by atoms with Crippen LogP contribution in [-0.2, 0) is 16.6 Å². The van der Waals surface area contributed by atoms with Gasteiger partial charge in [0.25, 0.3) is 0 Å². The molecule has 7 heteroatoms. The molecule has 0 atom stereocenters. The molecular formula is C17H22FN3O2S. The molecule has 130 valence electrons. The minimum Gasteiger partial charge on any atom is -0.264 e. The third kappa shape index (κ3) is 3.23. The van der Waals surface area contributed by atoms with Crippen molar-refractivity contribution in [3.05, 3.63) is 47.0 Å². The Hall–Kier alpha value is -1.73. The number of aryl methyl sites for hydroxylation is 1. The van der Waals surface area contributed by atoms with Gasteiger partial charge in [-0.2, -0.15) is 9.40 Å². The molecule has 0 spiro atoms. The molecule has 5 nitrogen and oxygen atoms in total. The highest BCUT2D eigenvalue weighted by Crippen LogP contribution is 2.26. The molecule has 0 bridgehead atoms. The number of sulfonamides is 1. The molecule has 1 aromatic carbocycles. The molecule has 1 aromatic heterocycles. The van der Waals surface area contributed by atoms with Crippen molar-refractivity contribution in [2.45, 2.75) is 44.6 Å². The van der Waals surface area contributed by atoms with Crippen LogP contribution in [0, 0.1) is 19.7 Å². The van der Waals surface area contributed by atoms with E-state index in [-0.39, 0.29) is 5.82 Å². The second-order valence-electron chi connectivity index (χ2n) is 6.25. The van der Waals surface area contributed by atoms with Crippen molar-refractivity contribution in [1.29, 1.82) is 0 Å². The van der Waals surface area contributed by atoms with Gasteiger partial charge in [-0.3, -0.25) is 4.68 Å². The standard InChI is InChI=1S/C17H22FN3O2S/c1-13-17(24(22,23)20-9-4-3-5-10-20)14(2)21(19-13)12-15-7-6-8-16(18)11-15/h6-8,11H,3-5,9-10,12H2,1-2H3. The van der Waals surface area contributed by atoms with Gasteiger partial charge in [0, 0.05) is 13.1 Å². The molecule has 0 aliphatic carbocycles. The maximum absolute atomic E-state index is 13.4. The molecule has 2 aromatic rings. The zero-order chi connectivity index (χ0) is 17.3. The monoisotopic (exact) mass is 351 g/mol. The number of halogens is 1. The van der Waals surface area contributed by atoms with Crippen molar-refractivity contribution in [1.82, 2.24) is 14.1 Å². The molecule has 3 rings (SSSR count). The van der Waals surface area contributed by atoms with Gasteiger partial charge in [0.05, 0.1) is 17.9 Å². The number of benzene rings is 1. The van der Waals surface area contributed by atoms with Crippen molar-refractivity contribution in [3.63, 3.8) is 0 Å². The molecule has 2 heterocycles. The second-order valence-corrected chi connectivity index (χ2v) is 8.13. The van der Waals surface area contributed by atoms with E-state index < -0.39 is 10.0 Å². The van der Waals surface area contributed by atoms with Crippen LogP contribution in [0.15, 0.2) is 29.2 Å². The van der Waals surface area contributed by atoms with Gasteiger partial charge < -0.3 is 0 Å². The highest BCUT2D eigenvalue weighted by atomic mass is 32.2. The summed E-state index contributed by atoms with van der Waals surface area (Å²) in [6, 6.07) is 6.27. The van der Waals surface area contributed by atoms with E-state index in [1.807, 2.05) is 0 Å². The minimum absolute atomic E-state index is 0.292. The number of hydrogen-bond acceptors (Lipinski definition) is 3. The van der Waals surface area contributed by atoms with Crippen LogP contribution in [0.25, 0.3) is 0 Å². The number of piperidine rings is 1. The molecule has 1 aliphatic rings.